The number of aliphatic hydroxyl groups is 1. The third-order valence-corrected chi connectivity index (χ3v) is 5.46. The molecule has 1 N–H and O–H groups in total. The monoisotopic (exact) mass is 361 g/mol. The van der Waals surface area contributed by atoms with Gasteiger partial charge in [0.25, 0.3) is 5.91 Å². The lowest BCUT2D eigenvalue weighted by Crippen LogP contribution is -2.37. The number of aliphatic hydroxyl groups excluding tert-OH is 1. The molecule has 0 aliphatic carbocycles. The van der Waals surface area contributed by atoms with Crippen LogP contribution in [0, 0.1) is 0 Å². The number of imidazole rings is 1. The predicted molar refractivity (Wildman–Crippen MR) is 103 cm³/mol. The summed E-state index contributed by atoms with van der Waals surface area (Å²) >= 11 is 0. The van der Waals surface area contributed by atoms with E-state index in [0.717, 1.165) is 24.1 Å². The van der Waals surface area contributed by atoms with Crippen LogP contribution in [0.5, 0.6) is 0 Å². The normalized spacial score (nSPS) is 19.4. The van der Waals surface area contributed by atoms with Gasteiger partial charge in [-0.05, 0) is 29.7 Å². The molecule has 1 aliphatic heterocycles. The third-order valence-electron chi connectivity index (χ3n) is 5.46. The number of carbonyl (C=O) groups excluding carboxylic acids is 1. The number of hydrogen-bond acceptors (Lipinski definition) is 3. The van der Waals surface area contributed by atoms with Crippen molar-refractivity contribution in [2.75, 3.05) is 19.7 Å². The van der Waals surface area contributed by atoms with Gasteiger partial charge in [-0.15, -0.1) is 0 Å². The van der Waals surface area contributed by atoms with Crippen LogP contribution in [0.25, 0.3) is 0 Å². The van der Waals surface area contributed by atoms with Crippen LogP contribution in [0.15, 0.2) is 73.3 Å². The van der Waals surface area contributed by atoms with E-state index in [1.54, 1.807) is 12.5 Å². The summed E-state index contributed by atoms with van der Waals surface area (Å²) in [5.74, 6) is 0.0236. The molecule has 138 valence electrons. The minimum Gasteiger partial charge on any atom is -0.395 e. The van der Waals surface area contributed by atoms with Gasteiger partial charge in [0.2, 0.25) is 0 Å². The van der Waals surface area contributed by atoms with Crippen molar-refractivity contribution in [1.82, 2.24) is 14.5 Å². The minimum absolute atomic E-state index is 0.0236. The van der Waals surface area contributed by atoms with Crippen LogP contribution in [0.2, 0.25) is 0 Å². The largest absolute Gasteiger partial charge is 0.395 e. The fourth-order valence-electron chi connectivity index (χ4n) is 3.82. The molecule has 3 aromatic rings. The molecule has 4 rings (SSSR count). The van der Waals surface area contributed by atoms with Gasteiger partial charge in [0.1, 0.15) is 0 Å². The molecular formula is C22H23N3O2. The number of carbonyl (C=O) groups is 1. The van der Waals surface area contributed by atoms with Gasteiger partial charge in [0.05, 0.1) is 12.9 Å². The zero-order valence-electron chi connectivity index (χ0n) is 15.2. The Hall–Kier alpha value is -2.92. The molecule has 1 amide bonds. The Balaban J connectivity index is 1.47. The maximum Gasteiger partial charge on any atom is 0.253 e. The van der Waals surface area contributed by atoms with Gasteiger partial charge < -0.3 is 14.6 Å². The summed E-state index contributed by atoms with van der Waals surface area (Å²) in [5.41, 5.74) is 2.54. The molecule has 27 heavy (non-hydrogen) atoms. The molecule has 1 aromatic heterocycles. The second kappa shape index (κ2) is 7.37. The number of benzene rings is 2. The van der Waals surface area contributed by atoms with Crippen LogP contribution in [-0.4, -0.2) is 45.2 Å². The lowest BCUT2D eigenvalue weighted by Gasteiger charge is -2.27. The van der Waals surface area contributed by atoms with Crippen molar-refractivity contribution in [3.05, 3.63) is 90.0 Å². The van der Waals surface area contributed by atoms with E-state index in [-0.39, 0.29) is 17.9 Å². The van der Waals surface area contributed by atoms with E-state index in [0.29, 0.717) is 18.7 Å². The van der Waals surface area contributed by atoms with Crippen LogP contribution >= 0.6 is 0 Å². The SMILES string of the molecule is O=C(c1ccc(Cn2ccnc2)cc1)N1CCC(CO)(c2ccccc2)C1. The molecule has 1 fully saturated rings. The summed E-state index contributed by atoms with van der Waals surface area (Å²) in [5, 5.41) is 10.1. The highest BCUT2D eigenvalue weighted by molar-refractivity contribution is 5.94. The first-order valence-electron chi connectivity index (χ1n) is 9.21. The first-order chi connectivity index (χ1) is 13.2. The Labute approximate surface area is 158 Å². The van der Waals surface area contributed by atoms with Crippen molar-refractivity contribution in [3.63, 3.8) is 0 Å². The highest BCUT2D eigenvalue weighted by atomic mass is 16.3. The molecule has 1 aliphatic rings. The van der Waals surface area contributed by atoms with E-state index in [1.165, 1.54) is 0 Å². The van der Waals surface area contributed by atoms with Gasteiger partial charge in [0, 0.05) is 43.0 Å². The van der Waals surface area contributed by atoms with E-state index < -0.39 is 0 Å². The standard InChI is InChI=1S/C22H23N3O2/c26-16-22(20-4-2-1-3-5-20)10-12-25(15-22)21(27)19-8-6-18(7-9-19)14-24-13-11-23-17-24/h1-9,11,13,17,26H,10,12,14-16H2. The van der Waals surface area contributed by atoms with Crippen LogP contribution in [0.1, 0.15) is 27.9 Å². The van der Waals surface area contributed by atoms with Gasteiger partial charge in [0.15, 0.2) is 0 Å². The third kappa shape index (κ3) is 3.51. The average molecular weight is 361 g/mol. The number of aromatic nitrogens is 2. The van der Waals surface area contributed by atoms with Gasteiger partial charge in [-0.2, -0.15) is 0 Å². The Kier molecular flexibility index (Phi) is 4.77. The first-order valence-corrected chi connectivity index (χ1v) is 9.21. The molecule has 5 nitrogen and oxygen atoms in total. The van der Waals surface area contributed by atoms with Crippen LogP contribution < -0.4 is 0 Å². The van der Waals surface area contributed by atoms with Crippen LogP contribution in [0.4, 0.5) is 0 Å². The number of hydrogen-bond donors (Lipinski definition) is 1. The maximum absolute atomic E-state index is 12.9. The van der Waals surface area contributed by atoms with Crippen molar-refractivity contribution >= 4 is 5.91 Å². The first kappa shape index (κ1) is 17.5. The van der Waals surface area contributed by atoms with E-state index in [1.807, 2.05) is 70.3 Å². The molecule has 0 spiro atoms. The van der Waals surface area contributed by atoms with Crippen molar-refractivity contribution in [3.8, 4) is 0 Å². The Morgan fingerprint density at radius 2 is 1.89 bits per heavy atom. The second-order valence-corrected chi connectivity index (χ2v) is 7.21. The van der Waals surface area contributed by atoms with Gasteiger partial charge in [-0.25, -0.2) is 4.98 Å². The van der Waals surface area contributed by atoms with Crippen molar-refractivity contribution in [2.24, 2.45) is 0 Å². The zero-order valence-corrected chi connectivity index (χ0v) is 15.2. The van der Waals surface area contributed by atoms with E-state index in [9.17, 15) is 9.90 Å². The predicted octanol–water partition coefficient (Wildman–Crippen LogP) is 2.71. The number of amides is 1. The Bertz CT molecular complexity index is 891. The van der Waals surface area contributed by atoms with Crippen LogP contribution in [-0.2, 0) is 12.0 Å². The number of likely N-dealkylation sites (tertiary alicyclic amines) is 1. The van der Waals surface area contributed by atoms with Crippen molar-refractivity contribution in [2.45, 2.75) is 18.4 Å². The summed E-state index contributed by atoms with van der Waals surface area (Å²) < 4.78 is 1.99. The van der Waals surface area contributed by atoms with Crippen molar-refractivity contribution in [1.29, 1.82) is 0 Å². The van der Waals surface area contributed by atoms with E-state index >= 15 is 0 Å². The molecule has 0 bridgehead atoms. The zero-order chi connectivity index (χ0) is 18.7. The number of nitrogens with zero attached hydrogens (tertiary/aromatic N) is 3. The molecule has 0 radical (unpaired) electrons. The molecular weight excluding hydrogens is 338 g/mol. The van der Waals surface area contributed by atoms with Crippen LogP contribution in [0.3, 0.4) is 0 Å². The fourth-order valence-corrected chi connectivity index (χ4v) is 3.82. The van der Waals surface area contributed by atoms with E-state index in [2.05, 4.69) is 4.98 Å². The smallest absolute Gasteiger partial charge is 0.253 e. The number of rotatable bonds is 5. The Morgan fingerprint density at radius 3 is 2.56 bits per heavy atom. The summed E-state index contributed by atoms with van der Waals surface area (Å²) in [6.45, 7) is 1.98. The van der Waals surface area contributed by atoms with Gasteiger partial charge >= 0.3 is 0 Å². The molecule has 0 saturated carbocycles. The fraction of sp³-hybridized carbons (Fsp3) is 0.273. The molecule has 1 unspecified atom stereocenters. The lowest BCUT2D eigenvalue weighted by atomic mass is 9.80. The lowest BCUT2D eigenvalue weighted by molar-refractivity contribution is 0.0774. The van der Waals surface area contributed by atoms with Gasteiger partial charge in [-0.3, -0.25) is 4.79 Å². The highest BCUT2D eigenvalue weighted by Crippen LogP contribution is 2.34. The minimum atomic E-state index is -0.363. The quantitative estimate of drug-likeness (QED) is 0.760. The van der Waals surface area contributed by atoms with Gasteiger partial charge in [-0.1, -0.05) is 42.5 Å². The average Bonchev–Trinajstić information content (AvgIpc) is 3.39. The summed E-state index contributed by atoms with van der Waals surface area (Å²) in [7, 11) is 0. The molecule has 1 saturated heterocycles. The van der Waals surface area contributed by atoms with E-state index in [4.69, 9.17) is 0 Å². The summed E-state index contributed by atoms with van der Waals surface area (Å²) in [6.07, 6.45) is 6.23. The summed E-state index contributed by atoms with van der Waals surface area (Å²) in [4.78, 5) is 18.8. The Morgan fingerprint density at radius 1 is 1.11 bits per heavy atom. The molecule has 2 heterocycles. The maximum atomic E-state index is 12.9. The molecule has 2 aromatic carbocycles. The molecule has 5 heteroatoms. The summed E-state index contributed by atoms with van der Waals surface area (Å²) in [6, 6.07) is 17.8. The highest BCUT2D eigenvalue weighted by Gasteiger charge is 2.41. The second-order valence-electron chi connectivity index (χ2n) is 7.21. The van der Waals surface area contributed by atoms with Crippen molar-refractivity contribution < 1.29 is 9.90 Å². The topological polar surface area (TPSA) is 58.4 Å². The molecule has 1 atom stereocenters.